The van der Waals surface area contributed by atoms with Gasteiger partial charge in [0.15, 0.2) is 0 Å². The summed E-state index contributed by atoms with van der Waals surface area (Å²) in [6.45, 7) is 1.36. The van der Waals surface area contributed by atoms with E-state index in [1.807, 2.05) is 0 Å². The maximum Gasteiger partial charge on any atom is 0.343 e. The van der Waals surface area contributed by atoms with E-state index in [9.17, 15) is 19.5 Å². The molecule has 2 aromatic rings. The molecule has 1 fully saturated rings. The Morgan fingerprint density at radius 1 is 1.03 bits per heavy atom. The molecule has 1 amide bonds. The number of nitrogen functional groups attached to an aromatic ring is 1. The van der Waals surface area contributed by atoms with Crippen molar-refractivity contribution in [1.29, 1.82) is 5.41 Å². The quantitative estimate of drug-likeness (QED) is 0.179. The highest BCUT2D eigenvalue weighted by Gasteiger charge is 2.27. The number of ether oxygens (including phenoxy) is 1. The Labute approximate surface area is 198 Å². The molecule has 0 spiro atoms. The number of carboxylic acids is 1. The number of aliphatic carboxylic acids is 1. The molecule has 0 bridgehead atoms. The van der Waals surface area contributed by atoms with Crippen molar-refractivity contribution in [3.63, 3.8) is 0 Å². The molecule has 4 N–H and O–H groups in total. The molecule has 178 valence electrons. The molecule has 0 aromatic heterocycles. The summed E-state index contributed by atoms with van der Waals surface area (Å²) in [5.74, 6) is -1.58. The minimum atomic E-state index is -1.02. The molecule has 1 aliphatic rings. The second kappa shape index (κ2) is 11.3. The van der Waals surface area contributed by atoms with Crippen LogP contribution in [0.5, 0.6) is 5.75 Å². The molecule has 8 nitrogen and oxygen atoms in total. The molecule has 0 aliphatic heterocycles. The van der Waals surface area contributed by atoms with E-state index in [1.165, 1.54) is 4.90 Å². The van der Waals surface area contributed by atoms with Gasteiger partial charge >= 0.3 is 11.9 Å². The molecule has 0 unspecified atom stereocenters. The maximum atomic E-state index is 13.0. The van der Waals surface area contributed by atoms with Crippen molar-refractivity contribution in [3.8, 4) is 5.75 Å². The normalized spacial score (nSPS) is 14.3. The summed E-state index contributed by atoms with van der Waals surface area (Å²) in [5, 5.41) is 16.7. The number of hydrogen-bond donors (Lipinski definition) is 3. The van der Waals surface area contributed by atoms with Crippen LogP contribution in [0.1, 0.15) is 60.5 Å². The largest absolute Gasteiger partial charge is 0.480 e. The molecule has 0 heterocycles. The number of nitrogens with two attached hydrogens (primary N) is 1. The summed E-state index contributed by atoms with van der Waals surface area (Å²) in [7, 11) is 0. The van der Waals surface area contributed by atoms with Gasteiger partial charge in [0.1, 0.15) is 18.1 Å². The molecule has 1 saturated carbocycles. The molecular weight excluding hydrogens is 434 g/mol. The first-order valence-corrected chi connectivity index (χ1v) is 11.2. The summed E-state index contributed by atoms with van der Waals surface area (Å²) in [4.78, 5) is 38.3. The van der Waals surface area contributed by atoms with Crippen molar-refractivity contribution in [2.45, 2.75) is 45.1 Å². The molecule has 34 heavy (non-hydrogen) atoms. The fourth-order valence-corrected chi connectivity index (χ4v) is 4.03. The average molecular weight is 464 g/mol. The van der Waals surface area contributed by atoms with Gasteiger partial charge in [-0.15, -0.1) is 0 Å². The topological polar surface area (TPSA) is 134 Å². The van der Waals surface area contributed by atoms with E-state index >= 15 is 0 Å². The number of carboxylic acid groups (broad SMARTS) is 1. The van der Waals surface area contributed by atoms with Crippen LogP contribution in [0.4, 0.5) is 0 Å². The Morgan fingerprint density at radius 2 is 1.62 bits per heavy atom. The molecule has 0 radical (unpaired) electrons. The van der Waals surface area contributed by atoms with Crippen LogP contribution < -0.4 is 10.5 Å². The fourth-order valence-electron chi connectivity index (χ4n) is 4.03. The number of nitrogens with zero attached hydrogens (tertiary/aromatic N) is 1. The number of rotatable bonds is 8. The number of esters is 1. The average Bonchev–Trinajstić information content (AvgIpc) is 2.83. The molecule has 2 aromatic carbocycles. The van der Waals surface area contributed by atoms with Gasteiger partial charge in [0.25, 0.3) is 0 Å². The van der Waals surface area contributed by atoms with Crippen molar-refractivity contribution in [1.82, 2.24) is 4.90 Å². The summed E-state index contributed by atoms with van der Waals surface area (Å²) in [6, 6.07) is 12.9. The van der Waals surface area contributed by atoms with E-state index in [1.54, 1.807) is 61.5 Å². The van der Waals surface area contributed by atoms with E-state index in [-0.39, 0.29) is 24.3 Å². The van der Waals surface area contributed by atoms with Gasteiger partial charge in [0.2, 0.25) is 5.91 Å². The number of carbonyl (C=O) groups excluding carboxylic acids is 2. The van der Waals surface area contributed by atoms with E-state index < -0.39 is 11.9 Å². The van der Waals surface area contributed by atoms with Crippen LogP contribution in [-0.2, 0) is 9.59 Å². The van der Waals surface area contributed by atoms with Crippen molar-refractivity contribution in [3.05, 3.63) is 70.8 Å². The third kappa shape index (κ3) is 6.54. The van der Waals surface area contributed by atoms with E-state index in [4.69, 9.17) is 15.9 Å². The Hall–Kier alpha value is -3.94. The molecule has 0 atom stereocenters. The van der Waals surface area contributed by atoms with Gasteiger partial charge in [-0.05, 0) is 67.8 Å². The van der Waals surface area contributed by atoms with Crippen LogP contribution in [-0.4, -0.2) is 46.3 Å². The molecule has 3 rings (SSSR count). The first-order chi connectivity index (χ1) is 16.2. The third-order valence-electron chi connectivity index (χ3n) is 5.82. The molecule has 0 saturated heterocycles. The first kappa shape index (κ1) is 24.7. The second-order valence-corrected chi connectivity index (χ2v) is 8.40. The number of hydrogen-bond acceptors (Lipinski definition) is 5. The SMILES string of the molecule is C/C(=C\c1ccc(C(=O)Oc2ccc(C(=N)N)cc2)cc1)C(=O)N(CC(=O)O)C1CCCCC1. The number of amides is 1. The fraction of sp³-hybridized carbons (Fsp3) is 0.308. The standard InChI is InChI=1S/C26H29N3O5/c1-17(25(32)29(16-23(30)31)21-5-3-2-4-6-21)15-18-7-9-20(10-8-18)26(33)34-22-13-11-19(12-14-22)24(27)28/h7-15,21H,2-6,16H2,1H3,(H3,27,28)(H,30,31)/b17-15+. The van der Waals surface area contributed by atoms with Crippen molar-refractivity contribution in [2.75, 3.05) is 6.54 Å². The molecular formula is C26H29N3O5. The minimum Gasteiger partial charge on any atom is -0.480 e. The van der Waals surface area contributed by atoms with Crippen LogP contribution in [0.2, 0.25) is 0 Å². The minimum absolute atomic E-state index is 0.0534. The maximum absolute atomic E-state index is 13.0. The Bertz CT molecular complexity index is 1080. The lowest BCUT2D eigenvalue weighted by atomic mass is 9.93. The Kier molecular flexibility index (Phi) is 8.19. The third-order valence-corrected chi connectivity index (χ3v) is 5.82. The van der Waals surface area contributed by atoms with Crippen molar-refractivity contribution < 1.29 is 24.2 Å². The predicted molar refractivity (Wildman–Crippen MR) is 129 cm³/mol. The molecule has 8 heteroatoms. The van der Waals surface area contributed by atoms with E-state index in [0.717, 1.165) is 32.1 Å². The number of carbonyl (C=O) groups is 3. The number of amidine groups is 1. The lowest BCUT2D eigenvalue weighted by Crippen LogP contribution is -2.44. The van der Waals surface area contributed by atoms with E-state index in [0.29, 0.717) is 28.0 Å². The Morgan fingerprint density at radius 3 is 2.18 bits per heavy atom. The summed E-state index contributed by atoms with van der Waals surface area (Å²) >= 11 is 0. The zero-order valence-corrected chi connectivity index (χ0v) is 19.1. The van der Waals surface area contributed by atoms with Gasteiger partial charge in [-0.3, -0.25) is 15.0 Å². The highest BCUT2D eigenvalue weighted by molar-refractivity contribution is 5.99. The van der Waals surface area contributed by atoms with Gasteiger partial charge in [-0.1, -0.05) is 31.4 Å². The zero-order chi connectivity index (χ0) is 24.7. The highest BCUT2D eigenvalue weighted by Crippen LogP contribution is 2.24. The summed E-state index contributed by atoms with van der Waals surface area (Å²) in [5.41, 5.74) is 7.45. The lowest BCUT2D eigenvalue weighted by molar-refractivity contribution is -0.145. The van der Waals surface area contributed by atoms with Crippen LogP contribution in [0, 0.1) is 5.41 Å². The number of benzene rings is 2. The van der Waals surface area contributed by atoms with Crippen molar-refractivity contribution >= 4 is 29.8 Å². The van der Waals surface area contributed by atoms with Crippen molar-refractivity contribution in [2.24, 2.45) is 5.73 Å². The van der Waals surface area contributed by atoms with Gasteiger partial charge < -0.3 is 20.5 Å². The second-order valence-electron chi connectivity index (χ2n) is 8.40. The monoisotopic (exact) mass is 463 g/mol. The predicted octanol–water partition coefficient (Wildman–Crippen LogP) is 3.84. The van der Waals surface area contributed by atoms with Crippen LogP contribution >= 0.6 is 0 Å². The Balaban J connectivity index is 1.68. The van der Waals surface area contributed by atoms with E-state index in [2.05, 4.69) is 0 Å². The summed E-state index contributed by atoms with van der Waals surface area (Å²) < 4.78 is 5.35. The van der Waals surface area contributed by atoms with Gasteiger partial charge in [-0.2, -0.15) is 0 Å². The summed E-state index contributed by atoms with van der Waals surface area (Å²) in [6.07, 6.45) is 6.43. The first-order valence-electron chi connectivity index (χ1n) is 11.2. The molecule has 1 aliphatic carbocycles. The van der Waals surface area contributed by atoms with Gasteiger partial charge in [-0.25, -0.2) is 4.79 Å². The number of nitrogens with one attached hydrogen (secondary N) is 1. The van der Waals surface area contributed by atoms with Crippen LogP contribution in [0.25, 0.3) is 6.08 Å². The lowest BCUT2D eigenvalue weighted by Gasteiger charge is -2.33. The van der Waals surface area contributed by atoms with Gasteiger partial charge in [0, 0.05) is 17.2 Å². The van der Waals surface area contributed by atoms with Crippen LogP contribution in [0.3, 0.4) is 0 Å². The van der Waals surface area contributed by atoms with Crippen LogP contribution in [0.15, 0.2) is 54.1 Å². The highest BCUT2D eigenvalue weighted by atomic mass is 16.5. The smallest absolute Gasteiger partial charge is 0.343 e. The zero-order valence-electron chi connectivity index (χ0n) is 19.1. The van der Waals surface area contributed by atoms with Gasteiger partial charge in [0.05, 0.1) is 5.56 Å².